The molecule has 2 nitrogen and oxygen atoms in total. The summed E-state index contributed by atoms with van der Waals surface area (Å²) >= 11 is 0. The van der Waals surface area contributed by atoms with Crippen LogP contribution in [-0.2, 0) is 6.42 Å². The van der Waals surface area contributed by atoms with Gasteiger partial charge in [-0.1, -0.05) is 113 Å². The second-order valence-electron chi connectivity index (χ2n) is 7.09. The minimum atomic E-state index is -0.879. The van der Waals surface area contributed by atoms with Gasteiger partial charge in [0.1, 0.15) is 0 Å². The van der Waals surface area contributed by atoms with Crippen molar-refractivity contribution < 1.29 is 9.90 Å². The minimum absolute atomic E-state index is 0.331. The first-order valence-corrected chi connectivity index (χ1v) is 10.6. The predicted molar refractivity (Wildman–Crippen MR) is 115 cm³/mol. The number of unbranched alkanes of at least 4 members (excludes halogenated alkanes) is 9. The smallest absolute Gasteiger partial charge is 0.335 e. The lowest BCUT2D eigenvalue weighted by atomic mass is 10.0. The van der Waals surface area contributed by atoms with Crippen molar-refractivity contribution in [2.45, 2.75) is 77.6 Å². The van der Waals surface area contributed by atoms with Crippen LogP contribution in [-0.4, -0.2) is 11.1 Å². The van der Waals surface area contributed by atoms with Gasteiger partial charge in [-0.05, 0) is 30.5 Å². The Morgan fingerprint density at radius 1 is 0.667 bits per heavy atom. The van der Waals surface area contributed by atoms with Gasteiger partial charge in [-0.15, -0.1) is 0 Å². The van der Waals surface area contributed by atoms with Gasteiger partial charge in [-0.3, -0.25) is 0 Å². The van der Waals surface area contributed by atoms with Crippen LogP contribution in [0.1, 0.15) is 87.1 Å². The third-order valence-corrected chi connectivity index (χ3v) is 4.68. The van der Waals surface area contributed by atoms with E-state index in [2.05, 4.69) is 37.3 Å². The third kappa shape index (κ3) is 12.8. The molecule has 2 aromatic carbocycles. The monoisotopic (exact) mass is 368 g/mol. The number of aryl methyl sites for hydroxylation is 1. The second-order valence-corrected chi connectivity index (χ2v) is 7.09. The largest absolute Gasteiger partial charge is 0.478 e. The fourth-order valence-electron chi connectivity index (χ4n) is 3.04. The summed E-state index contributed by atoms with van der Waals surface area (Å²) in [4.78, 5) is 10.2. The number of carboxylic acid groups (broad SMARTS) is 1. The molecule has 0 aromatic heterocycles. The fraction of sp³-hybridized carbons (Fsp3) is 0.480. The summed E-state index contributed by atoms with van der Waals surface area (Å²) in [6.45, 7) is 2.28. The number of rotatable bonds is 12. The maximum Gasteiger partial charge on any atom is 0.335 e. The second kappa shape index (κ2) is 16.1. The summed E-state index contributed by atoms with van der Waals surface area (Å²) in [6.07, 6.45) is 15.5. The molecule has 2 heteroatoms. The van der Waals surface area contributed by atoms with Gasteiger partial charge in [0, 0.05) is 0 Å². The van der Waals surface area contributed by atoms with Crippen molar-refractivity contribution in [3.05, 3.63) is 71.8 Å². The van der Waals surface area contributed by atoms with Crippen LogP contribution in [0.3, 0.4) is 0 Å². The molecule has 2 rings (SSSR count). The highest BCUT2D eigenvalue weighted by Gasteiger charge is 1.96. The molecule has 0 bridgehead atoms. The third-order valence-electron chi connectivity index (χ3n) is 4.68. The Hall–Kier alpha value is -2.09. The summed E-state index contributed by atoms with van der Waals surface area (Å²) in [7, 11) is 0. The first-order valence-electron chi connectivity index (χ1n) is 10.6. The van der Waals surface area contributed by atoms with Gasteiger partial charge in [0.2, 0.25) is 0 Å². The molecule has 0 amide bonds. The molecule has 148 valence electrons. The van der Waals surface area contributed by atoms with E-state index >= 15 is 0 Å². The standard InChI is InChI=1S/C18H30.C7H6O2/c1-2-3-4-5-6-7-8-9-10-12-15-18-16-13-11-14-17-18;8-7(9)6-4-2-1-3-5-6/h11,13-14,16-17H,2-10,12,15H2,1H3;1-5H,(H,8,9). The van der Waals surface area contributed by atoms with Crippen LogP contribution in [0.25, 0.3) is 0 Å². The maximum absolute atomic E-state index is 10.2. The van der Waals surface area contributed by atoms with E-state index in [1.54, 1.807) is 30.3 Å². The first-order chi connectivity index (χ1) is 13.2. The predicted octanol–water partition coefficient (Wildman–Crippen LogP) is 7.53. The van der Waals surface area contributed by atoms with Gasteiger partial charge >= 0.3 is 5.97 Å². The van der Waals surface area contributed by atoms with E-state index < -0.39 is 5.97 Å². The van der Waals surface area contributed by atoms with Gasteiger partial charge in [0.05, 0.1) is 5.56 Å². The van der Waals surface area contributed by atoms with Crippen molar-refractivity contribution in [2.75, 3.05) is 0 Å². The quantitative estimate of drug-likeness (QED) is 0.393. The SMILES string of the molecule is CCCCCCCCCCCCc1ccccc1.O=C(O)c1ccccc1. The molecule has 0 spiro atoms. The highest BCUT2D eigenvalue weighted by atomic mass is 16.4. The van der Waals surface area contributed by atoms with E-state index in [4.69, 9.17) is 5.11 Å². The summed E-state index contributed by atoms with van der Waals surface area (Å²) < 4.78 is 0. The van der Waals surface area contributed by atoms with Crippen LogP contribution < -0.4 is 0 Å². The topological polar surface area (TPSA) is 37.3 Å². The van der Waals surface area contributed by atoms with E-state index in [1.165, 1.54) is 76.2 Å². The number of aromatic carboxylic acids is 1. The Bertz CT molecular complexity index is 578. The van der Waals surface area contributed by atoms with Crippen LogP contribution >= 0.6 is 0 Å². The molecule has 0 unspecified atom stereocenters. The van der Waals surface area contributed by atoms with Gasteiger partial charge in [0.15, 0.2) is 0 Å². The zero-order valence-electron chi connectivity index (χ0n) is 16.9. The molecule has 2 aromatic rings. The van der Waals surface area contributed by atoms with Crippen molar-refractivity contribution >= 4 is 5.97 Å². The zero-order chi connectivity index (χ0) is 19.6. The zero-order valence-corrected chi connectivity index (χ0v) is 16.9. The van der Waals surface area contributed by atoms with Crippen molar-refractivity contribution in [3.8, 4) is 0 Å². The number of carbonyl (C=O) groups is 1. The molecule has 0 aliphatic rings. The van der Waals surface area contributed by atoms with E-state index in [-0.39, 0.29) is 0 Å². The summed E-state index contributed by atoms with van der Waals surface area (Å²) in [6, 6.07) is 19.2. The van der Waals surface area contributed by atoms with Crippen molar-refractivity contribution in [3.63, 3.8) is 0 Å². The van der Waals surface area contributed by atoms with E-state index in [0.29, 0.717) is 5.56 Å². The Morgan fingerprint density at radius 3 is 1.56 bits per heavy atom. The molecule has 0 saturated heterocycles. The summed E-state index contributed by atoms with van der Waals surface area (Å²) in [5, 5.41) is 8.38. The highest BCUT2D eigenvalue weighted by molar-refractivity contribution is 5.87. The van der Waals surface area contributed by atoms with Crippen LogP contribution in [0.5, 0.6) is 0 Å². The average molecular weight is 369 g/mol. The lowest BCUT2D eigenvalue weighted by Crippen LogP contribution is -1.93. The molecule has 0 aliphatic carbocycles. The molecule has 0 atom stereocenters. The minimum Gasteiger partial charge on any atom is -0.478 e. The van der Waals surface area contributed by atoms with Gasteiger partial charge in [-0.2, -0.15) is 0 Å². The molecule has 0 aliphatic heterocycles. The molecule has 0 saturated carbocycles. The van der Waals surface area contributed by atoms with Crippen LogP contribution in [0.2, 0.25) is 0 Å². The van der Waals surface area contributed by atoms with Crippen LogP contribution in [0.4, 0.5) is 0 Å². The van der Waals surface area contributed by atoms with Gasteiger partial charge in [-0.25, -0.2) is 4.79 Å². The highest BCUT2D eigenvalue weighted by Crippen LogP contribution is 2.12. The Balaban J connectivity index is 0.000000337. The lowest BCUT2D eigenvalue weighted by Gasteiger charge is -2.03. The fourth-order valence-corrected chi connectivity index (χ4v) is 3.04. The number of hydrogen-bond acceptors (Lipinski definition) is 1. The normalized spacial score (nSPS) is 10.1. The lowest BCUT2D eigenvalue weighted by molar-refractivity contribution is 0.0697. The first kappa shape index (κ1) is 23.0. The maximum atomic E-state index is 10.2. The number of hydrogen-bond donors (Lipinski definition) is 1. The molecule has 0 radical (unpaired) electrons. The van der Waals surface area contributed by atoms with Crippen LogP contribution in [0.15, 0.2) is 60.7 Å². The van der Waals surface area contributed by atoms with E-state index in [0.717, 1.165) is 0 Å². The molecule has 1 N–H and O–H groups in total. The number of carboxylic acids is 1. The van der Waals surface area contributed by atoms with Crippen molar-refractivity contribution in [1.82, 2.24) is 0 Å². The van der Waals surface area contributed by atoms with Gasteiger partial charge in [0.25, 0.3) is 0 Å². The van der Waals surface area contributed by atoms with Crippen molar-refractivity contribution in [1.29, 1.82) is 0 Å². The van der Waals surface area contributed by atoms with E-state index in [9.17, 15) is 4.79 Å². The van der Waals surface area contributed by atoms with Gasteiger partial charge < -0.3 is 5.11 Å². The number of benzene rings is 2. The molecule has 27 heavy (non-hydrogen) atoms. The molecular weight excluding hydrogens is 332 g/mol. The summed E-state index contributed by atoms with van der Waals surface area (Å²) in [5.41, 5.74) is 1.83. The molecular formula is C25H36O2. The Morgan fingerprint density at radius 2 is 1.11 bits per heavy atom. The Kier molecular flexibility index (Phi) is 13.7. The Labute approximate surface area is 165 Å². The van der Waals surface area contributed by atoms with Crippen molar-refractivity contribution in [2.24, 2.45) is 0 Å². The average Bonchev–Trinajstić information content (AvgIpc) is 2.71. The summed E-state index contributed by atoms with van der Waals surface area (Å²) in [5.74, 6) is -0.879. The van der Waals surface area contributed by atoms with Crippen LogP contribution in [0, 0.1) is 0 Å². The van der Waals surface area contributed by atoms with E-state index in [1.807, 2.05) is 0 Å². The molecule has 0 heterocycles. The molecule has 0 fully saturated rings.